The molecule has 1 aromatic carbocycles. The van der Waals surface area contributed by atoms with Crippen molar-refractivity contribution in [1.82, 2.24) is 0 Å². The maximum atomic E-state index is 12.9. The van der Waals surface area contributed by atoms with Crippen molar-refractivity contribution in [3.05, 3.63) is 34.4 Å². The van der Waals surface area contributed by atoms with E-state index in [4.69, 9.17) is 28.4 Å². The van der Waals surface area contributed by atoms with Gasteiger partial charge in [0.05, 0.1) is 5.56 Å². The molecule has 0 radical (unpaired) electrons. The second kappa shape index (κ2) is 3.89. The van der Waals surface area contributed by atoms with Crippen LogP contribution in [-0.4, -0.2) is 10.4 Å². The molecule has 0 saturated heterocycles. The predicted octanol–water partition coefficient (Wildman–Crippen LogP) is 2.99. The first kappa shape index (κ1) is 10.2. The van der Waals surface area contributed by atoms with Gasteiger partial charge in [-0.25, -0.2) is 8.78 Å². The van der Waals surface area contributed by atoms with Gasteiger partial charge in [-0.2, -0.15) is 0 Å². The molecular weight excluding hydrogens is 223 g/mol. The van der Waals surface area contributed by atoms with Crippen LogP contribution in [0.4, 0.5) is 8.78 Å². The molecule has 0 aromatic heterocycles. The first-order valence-corrected chi connectivity index (χ1v) is 3.84. The van der Waals surface area contributed by atoms with Crippen LogP contribution < -0.4 is 0 Å². The van der Waals surface area contributed by atoms with Crippen molar-refractivity contribution >= 4 is 28.4 Å². The molecule has 1 N–H and O–H groups in total. The largest absolute Gasteiger partial charge is 0.410 e. The fourth-order valence-corrected chi connectivity index (χ4v) is 1.16. The van der Waals surface area contributed by atoms with Crippen molar-refractivity contribution in [2.45, 2.75) is 0 Å². The second-order valence-electron chi connectivity index (χ2n) is 2.14. The summed E-state index contributed by atoms with van der Waals surface area (Å²) >= 11 is 10.6. The van der Waals surface area contributed by atoms with E-state index in [1.54, 1.807) is 0 Å². The van der Waals surface area contributed by atoms with E-state index in [-0.39, 0.29) is 5.02 Å². The Kier molecular flexibility index (Phi) is 3.06. The molecule has 0 aliphatic rings. The molecule has 0 aliphatic heterocycles. The Morgan fingerprint density at radius 3 is 2.15 bits per heavy atom. The van der Waals surface area contributed by atoms with Gasteiger partial charge < -0.3 is 5.21 Å². The van der Waals surface area contributed by atoms with Crippen LogP contribution >= 0.6 is 23.2 Å². The van der Waals surface area contributed by atoms with Gasteiger partial charge in [0.2, 0.25) is 0 Å². The van der Waals surface area contributed by atoms with Crippen LogP contribution in [0.5, 0.6) is 0 Å². The summed E-state index contributed by atoms with van der Waals surface area (Å²) in [4.78, 5) is 0. The molecule has 1 rings (SSSR count). The van der Waals surface area contributed by atoms with Crippen LogP contribution in [0.2, 0.25) is 5.02 Å². The second-order valence-corrected chi connectivity index (χ2v) is 2.93. The Labute approximate surface area is 82.4 Å². The monoisotopic (exact) mass is 225 g/mol. The zero-order valence-electron chi connectivity index (χ0n) is 6.06. The quantitative estimate of drug-likeness (QED) is 0.445. The molecule has 0 unspecified atom stereocenters. The number of rotatable bonds is 1. The van der Waals surface area contributed by atoms with Gasteiger partial charge in [0.1, 0.15) is 11.6 Å². The summed E-state index contributed by atoms with van der Waals surface area (Å²) < 4.78 is 25.9. The third kappa shape index (κ3) is 2.08. The molecule has 0 atom stereocenters. The summed E-state index contributed by atoms with van der Waals surface area (Å²) in [6.45, 7) is 0. The van der Waals surface area contributed by atoms with E-state index < -0.39 is 22.4 Å². The average Bonchev–Trinajstić information content (AvgIpc) is 2.02. The van der Waals surface area contributed by atoms with E-state index in [2.05, 4.69) is 5.16 Å². The van der Waals surface area contributed by atoms with Gasteiger partial charge >= 0.3 is 0 Å². The highest BCUT2D eigenvalue weighted by Crippen LogP contribution is 2.20. The van der Waals surface area contributed by atoms with E-state index in [1.165, 1.54) is 0 Å². The number of hydrogen-bond donors (Lipinski definition) is 1. The number of hydrogen-bond acceptors (Lipinski definition) is 2. The molecule has 1 aromatic rings. The highest BCUT2D eigenvalue weighted by atomic mass is 35.5. The fraction of sp³-hybridized carbons (Fsp3) is 0. The SMILES string of the molecule is O/N=C(/Cl)c1c(F)cc(Cl)cc1F. The summed E-state index contributed by atoms with van der Waals surface area (Å²) in [5, 5.41) is 9.91. The highest BCUT2D eigenvalue weighted by Gasteiger charge is 2.15. The van der Waals surface area contributed by atoms with E-state index >= 15 is 0 Å². The molecule has 0 bridgehead atoms. The molecule has 0 spiro atoms. The van der Waals surface area contributed by atoms with Gasteiger partial charge in [0, 0.05) is 5.02 Å². The number of nitrogens with zero attached hydrogens (tertiary/aromatic N) is 1. The summed E-state index contributed by atoms with van der Waals surface area (Å²) in [5.41, 5.74) is -0.603. The van der Waals surface area contributed by atoms with Crippen LogP contribution in [0.3, 0.4) is 0 Å². The zero-order valence-corrected chi connectivity index (χ0v) is 7.57. The van der Waals surface area contributed by atoms with Crippen LogP contribution in [-0.2, 0) is 0 Å². The van der Waals surface area contributed by atoms with E-state index in [1.807, 2.05) is 0 Å². The Hall–Kier alpha value is -0.870. The first-order valence-electron chi connectivity index (χ1n) is 3.08. The lowest BCUT2D eigenvalue weighted by Crippen LogP contribution is -2.00. The van der Waals surface area contributed by atoms with E-state index in [0.29, 0.717) is 0 Å². The minimum Gasteiger partial charge on any atom is -0.410 e. The molecule has 0 fully saturated rings. The number of oxime groups is 1. The van der Waals surface area contributed by atoms with Gasteiger partial charge in [-0.1, -0.05) is 28.4 Å². The minimum atomic E-state index is -0.979. The fourth-order valence-electron chi connectivity index (χ4n) is 0.789. The lowest BCUT2D eigenvalue weighted by Gasteiger charge is -2.01. The van der Waals surface area contributed by atoms with Crippen molar-refractivity contribution in [2.75, 3.05) is 0 Å². The average molecular weight is 226 g/mol. The summed E-state index contributed by atoms with van der Waals surface area (Å²) in [6, 6.07) is 1.74. The highest BCUT2D eigenvalue weighted by molar-refractivity contribution is 6.69. The Morgan fingerprint density at radius 2 is 1.77 bits per heavy atom. The molecule has 0 saturated carbocycles. The molecule has 6 heteroatoms. The van der Waals surface area contributed by atoms with Crippen molar-refractivity contribution in [1.29, 1.82) is 0 Å². The van der Waals surface area contributed by atoms with Gasteiger partial charge in [-0.05, 0) is 12.1 Å². The van der Waals surface area contributed by atoms with Crippen LogP contribution in [0.1, 0.15) is 5.56 Å². The number of halogens is 4. The molecular formula is C7H3Cl2F2NO. The topological polar surface area (TPSA) is 32.6 Å². The van der Waals surface area contributed by atoms with Gasteiger partial charge in [-0.15, -0.1) is 0 Å². The third-order valence-corrected chi connectivity index (χ3v) is 1.78. The smallest absolute Gasteiger partial charge is 0.181 e. The summed E-state index contributed by atoms with van der Waals surface area (Å²) in [7, 11) is 0. The van der Waals surface area contributed by atoms with Gasteiger partial charge in [0.15, 0.2) is 5.17 Å². The molecule has 0 heterocycles. The van der Waals surface area contributed by atoms with Crippen molar-refractivity contribution in [3.8, 4) is 0 Å². The van der Waals surface area contributed by atoms with Crippen LogP contribution in [0.15, 0.2) is 17.3 Å². The lowest BCUT2D eigenvalue weighted by atomic mass is 10.2. The van der Waals surface area contributed by atoms with E-state index in [9.17, 15) is 8.78 Å². The lowest BCUT2D eigenvalue weighted by molar-refractivity contribution is 0.320. The summed E-state index contributed by atoms with van der Waals surface area (Å²) in [6.07, 6.45) is 0. The van der Waals surface area contributed by atoms with Crippen molar-refractivity contribution < 1.29 is 14.0 Å². The van der Waals surface area contributed by atoms with E-state index in [0.717, 1.165) is 12.1 Å². The molecule has 70 valence electrons. The third-order valence-electron chi connectivity index (χ3n) is 1.30. The van der Waals surface area contributed by atoms with Gasteiger partial charge in [0.25, 0.3) is 0 Å². The Morgan fingerprint density at radius 1 is 1.31 bits per heavy atom. The normalized spacial score (nSPS) is 11.8. The number of benzene rings is 1. The first-order chi connectivity index (χ1) is 6.06. The Bertz CT molecular complexity index is 345. The van der Waals surface area contributed by atoms with Gasteiger partial charge in [-0.3, -0.25) is 0 Å². The molecule has 0 aliphatic carbocycles. The maximum Gasteiger partial charge on any atom is 0.181 e. The summed E-state index contributed by atoms with van der Waals surface area (Å²) in [5.74, 6) is -1.96. The zero-order chi connectivity index (χ0) is 10.0. The molecule has 0 amide bonds. The predicted molar refractivity (Wildman–Crippen MR) is 45.5 cm³/mol. The molecule has 2 nitrogen and oxygen atoms in total. The van der Waals surface area contributed by atoms with Crippen molar-refractivity contribution in [3.63, 3.8) is 0 Å². The standard InChI is InChI=1S/C7H3Cl2F2NO/c8-3-1-4(10)6(5(11)2-3)7(9)12-13/h1-2,13H/b12-7+. The maximum absolute atomic E-state index is 12.9. The molecule has 13 heavy (non-hydrogen) atoms. The Balaban J connectivity index is 3.37. The van der Waals surface area contributed by atoms with Crippen LogP contribution in [0.25, 0.3) is 0 Å². The van der Waals surface area contributed by atoms with Crippen molar-refractivity contribution in [2.24, 2.45) is 5.16 Å². The van der Waals surface area contributed by atoms with Crippen LogP contribution in [0, 0.1) is 11.6 Å². The minimum absolute atomic E-state index is 0.0962.